The number of methoxy groups -OCH3 is 3. The Balaban J connectivity index is 2.07. The molecule has 7 nitrogen and oxygen atoms in total. The summed E-state index contributed by atoms with van der Waals surface area (Å²) in [6.07, 6.45) is 3.02. The van der Waals surface area contributed by atoms with Crippen LogP contribution in [0.25, 0.3) is 6.08 Å². The highest BCUT2D eigenvalue weighted by molar-refractivity contribution is 5.92. The minimum atomic E-state index is -0.488. The van der Waals surface area contributed by atoms with Crippen molar-refractivity contribution in [2.75, 3.05) is 21.3 Å². The fourth-order valence-corrected chi connectivity index (χ4v) is 2.40. The second-order valence-electron chi connectivity index (χ2n) is 5.75. The van der Waals surface area contributed by atoms with Gasteiger partial charge in [0.05, 0.1) is 21.3 Å². The molecule has 0 bridgehead atoms. The molecule has 0 saturated carbocycles. The molecule has 1 amide bonds. The Labute approximate surface area is 163 Å². The highest BCUT2D eigenvalue weighted by Crippen LogP contribution is 2.39. The molecule has 0 aliphatic carbocycles. The third-order valence-electron chi connectivity index (χ3n) is 3.78. The molecular weight excluding hydrogens is 362 g/mol. The molecule has 0 saturated heterocycles. The van der Waals surface area contributed by atoms with E-state index in [0.717, 1.165) is 11.3 Å². The van der Waals surface area contributed by atoms with Crippen LogP contribution in [0.3, 0.4) is 0 Å². The summed E-state index contributed by atoms with van der Waals surface area (Å²) in [5.41, 5.74) is 1.61. The number of ether oxygens (including phenoxy) is 4. The van der Waals surface area contributed by atoms with Crippen molar-refractivity contribution in [3.8, 4) is 23.0 Å². The maximum absolute atomic E-state index is 12.1. The summed E-state index contributed by atoms with van der Waals surface area (Å²) in [5, 5.41) is 2.80. The lowest BCUT2D eigenvalue weighted by Gasteiger charge is -2.13. The van der Waals surface area contributed by atoms with Crippen LogP contribution in [0, 0.1) is 0 Å². The van der Waals surface area contributed by atoms with Gasteiger partial charge >= 0.3 is 5.97 Å². The molecule has 1 N–H and O–H groups in total. The van der Waals surface area contributed by atoms with Gasteiger partial charge in [-0.2, -0.15) is 0 Å². The molecule has 0 spiro atoms. The number of hydrogen-bond acceptors (Lipinski definition) is 6. The van der Waals surface area contributed by atoms with Gasteiger partial charge in [0, 0.05) is 19.5 Å². The van der Waals surface area contributed by atoms with Crippen LogP contribution in [0.1, 0.15) is 18.1 Å². The Hall–Kier alpha value is -3.48. The number of rotatable bonds is 8. The topological polar surface area (TPSA) is 83.1 Å². The molecule has 2 aromatic carbocycles. The van der Waals surface area contributed by atoms with Gasteiger partial charge in [-0.3, -0.25) is 9.59 Å². The summed E-state index contributed by atoms with van der Waals surface area (Å²) in [6.45, 7) is 1.69. The zero-order chi connectivity index (χ0) is 20.5. The summed E-state index contributed by atoms with van der Waals surface area (Å²) in [6, 6.07) is 10.7. The summed E-state index contributed by atoms with van der Waals surface area (Å²) in [4.78, 5) is 23.3. The van der Waals surface area contributed by atoms with Gasteiger partial charge in [-0.05, 0) is 41.5 Å². The molecule has 2 rings (SSSR count). The lowest BCUT2D eigenvalue weighted by molar-refractivity contribution is -0.132. The normalized spacial score (nSPS) is 10.4. The largest absolute Gasteiger partial charge is 0.497 e. The monoisotopic (exact) mass is 385 g/mol. The standard InChI is InChI=1S/C21H23NO6/c1-14(23)28-21-18(26-3)11-16(12-19(21)27-4)7-10-20(24)22-13-15-5-8-17(25-2)9-6-15/h5-12H,13H2,1-4H3,(H,22,24)/b10-7+. The van der Waals surface area contributed by atoms with Crippen LogP contribution >= 0.6 is 0 Å². The smallest absolute Gasteiger partial charge is 0.308 e. The van der Waals surface area contributed by atoms with Crippen molar-refractivity contribution in [2.45, 2.75) is 13.5 Å². The summed E-state index contributed by atoms with van der Waals surface area (Å²) in [7, 11) is 4.51. The summed E-state index contributed by atoms with van der Waals surface area (Å²) in [5.74, 6) is 0.866. The van der Waals surface area contributed by atoms with Gasteiger partial charge in [-0.1, -0.05) is 12.1 Å². The molecule has 0 fully saturated rings. The van der Waals surface area contributed by atoms with Gasteiger partial charge < -0.3 is 24.3 Å². The van der Waals surface area contributed by atoms with E-state index in [1.54, 1.807) is 25.3 Å². The van der Waals surface area contributed by atoms with E-state index >= 15 is 0 Å². The SMILES string of the molecule is COc1ccc(CNC(=O)/C=C/c2cc(OC)c(OC(C)=O)c(OC)c2)cc1. The molecule has 148 valence electrons. The first kappa shape index (κ1) is 20.8. The number of carbonyl (C=O) groups excluding carboxylic acids is 2. The van der Waals surface area contributed by atoms with E-state index in [9.17, 15) is 9.59 Å². The van der Waals surface area contributed by atoms with Gasteiger partial charge in [0.1, 0.15) is 5.75 Å². The molecule has 0 radical (unpaired) electrons. The maximum atomic E-state index is 12.1. The van der Waals surface area contributed by atoms with Crippen molar-refractivity contribution in [2.24, 2.45) is 0 Å². The van der Waals surface area contributed by atoms with Crippen molar-refractivity contribution in [1.82, 2.24) is 5.32 Å². The van der Waals surface area contributed by atoms with Gasteiger partial charge in [-0.15, -0.1) is 0 Å². The van der Waals surface area contributed by atoms with Gasteiger partial charge in [-0.25, -0.2) is 0 Å². The first-order valence-corrected chi connectivity index (χ1v) is 8.50. The molecule has 0 atom stereocenters. The number of hydrogen-bond donors (Lipinski definition) is 1. The zero-order valence-electron chi connectivity index (χ0n) is 16.3. The molecule has 0 unspecified atom stereocenters. The number of amides is 1. The van der Waals surface area contributed by atoms with Crippen LogP contribution in [0.2, 0.25) is 0 Å². The average molecular weight is 385 g/mol. The minimum absolute atomic E-state index is 0.193. The predicted octanol–water partition coefficient (Wildman–Crippen LogP) is 2.97. The molecular formula is C21H23NO6. The highest BCUT2D eigenvalue weighted by Gasteiger charge is 2.15. The minimum Gasteiger partial charge on any atom is -0.497 e. The van der Waals surface area contributed by atoms with E-state index in [0.29, 0.717) is 23.6 Å². The fourth-order valence-electron chi connectivity index (χ4n) is 2.40. The second kappa shape index (κ2) is 10.0. The van der Waals surface area contributed by atoms with E-state index in [1.807, 2.05) is 24.3 Å². The summed E-state index contributed by atoms with van der Waals surface area (Å²) < 4.78 is 20.8. The zero-order valence-corrected chi connectivity index (χ0v) is 16.3. The third-order valence-corrected chi connectivity index (χ3v) is 3.78. The van der Waals surface area contributed by atoms with Crippen LogP contribution < -0.4 is 24.3 Å². The van der Waals surface area contributed by atoms with Crippen LogP contribution in [0.4, 0.5) is 0 Å². The molecule has 0 aliphatic rings. The Morgan fingerprint density at radius 3 is 2.07 bits per heavy atom. The predicted molar refractivity (Wildman–Crippen MR) is 105 cm³/mol. The number of benzene rings is 2. The molecule has 0 aromatic heterocycles. The summed E-state index contributed by atoms with van der Waals surface area (Å²) >= 11 is 0. The molecule has 28 heavy (non-hydrogen) atoms. The van der Waals surface area contributed by atoms with Crippen molar-refractivity contribution < 1.29 is 28.5 Å². The Morgan fingerprint density at radius 2 is 1.57 bits per heavy atom. The first-order valence-electron chi connectivity index (χ1n) is 8.50. The molecule has 2 aromatic rings. The van der Waals surface area contributed by atoms with Crippen molar-refractivity contribution >= 4 is 18.0 Å². The molecule has 0 heterocycles. The Bertz CT molecular complexity index is 833. The number of esters is 1. The number of carbonyl (C=O) groups is 2. The average Bonchev–Trinajstić information content (AvgIpc) is 2.71. The third kappa shape index (κ3) is 5.77. The van der Waals surface area contributed by atoms with Crippen molar-refractivity contribution in [3.05, 3.63) is 53.6 Å². The van der Waals surface area contributed by atoms with Crippen molar-refractivity contribution in [1.29, 1.82) is 0 Å². The Morgan fingerprint density at radius 1 is 0.964 bits per heavy atom. The lowest BCUT2D eigenvalue weighted by Crippen LogP contribution is -2.20. The van der Waals surface area contributed by atoms with E-state index in [2.05, 4.69) is 5.32 Å². The lowest BCUT2D eigenvalue weighted by atomic mass is 10.1. The van der Waals surface area contributed by atoms with E-state index in [-0.39, 0.29) is 11.7 Å². The molecule has 7 heteroatoms. The molecule has 0 aliphatic heterocycles. The second-order valence-corrected chi connectivity index (χ2v) is 5.75. The maximum Gasteiger partial charge on any atom is 0.308 e. The van der Waals surface area contributed by atoms with Crippen LogP contribution in [-0.2, 0) is 16.1 Å². The first-order chi connectivity index (χ1) is 13.5. The van der Waals surface area contributed by atoms with Gasteiger partial charge in [0.15, 0.2) is 11.5 Å². The highest BCUT2D eigenvalue weighted by atomic mass is 16.6. The van der Waals surface area contributed by atoms with Gasteiger partial charge in [0.25, 0.3) is 0 Å². The number of nitrogens with one attached hydrogen (secondary N) is 1. The van der Waals surface area contributed by atoms with Crippen LogP contribution in [0.15, 0.2) is 42.5 Å². The van der Waals surface area contributed by atoms with Crippen molar-refractivity contribution in [3.63, 3.8) is 0 Å². The van der Waals surface area contributed by atoms with Crippen LogP contribution in [-0.4, -0.2) is 33.2 Å². The van der Waals surface area contributed by atoms with Crippen LogP contribution in [0.5, 0.6) is 23.0 Å². The van der Waals surface area contributed by atoms with E-state index in [4.69, 9.17) is 18.9 Å². The van der Waals surface area contributed by atoms with E-state index in [1.165, 1.54) is 27.2 Å². The Kier molecular flexibility index (Phi) is 7.45. The fraction of sp³-hybridized carbons (Fsp3) is 0.238. The van der Waals surface area contributed by atoms with E-state index < -0.39 is 5.97 Å². The van der Waals surface area contributed by atoms with Gasteiger partial charge in [0.2, 0.25) is 11.7 Å². The quantitative estimate of drug-likeness (QED) is 0.427.